The summed E-state index contributed by atoms with van der Waals surface area (Å²) < 4.78 is 1.96. The van der Waals surface area contributed by atoms with Crippen LogP contribution in [0, 0.1) is 12.3 Å². The first-order chi connectivity index (χ1) is 11.3. The van der Waals surface area contributed by atoms with Gasteiger partial charge in [-0.1, -0.05) is 26.8 Å². The zero-order valence-corrected chi connectivity index (χ0v) is 14.8. The number of hydrogen-bond acceptors (Lipinski definition) is 3. The van der Waals surface area contributed by atoms with E-state index in [9.17, 15) is 9.59 Å². The van der Waals surface area contributed by atoms with Gasteiger partial charge in [0.1, 0.15) is 5.65 Å². The molecule has 2 N–H and O–H groups in total. The monoisotopic (exact) mass is 330 g/mol. The Labute approximate surface area is 142 Å². The van der Waals surface area contributed by atoms with Crippen LogP contribution in [0.5, 0.6) is 0 Å². The quantitative estimate of drug-likeness (QED) is 0.797. The highest BCUT2D eigenvalue weighted by molar-refractivity contribution is 5.81. The SMILES string of the molecule is Cc1cccn2cc(CNC(=O)CCCNC(=O)C(C)(C)C)nc12. The van der Waals surface area contributed by atoms with Gasteiger partial charge in [-0.2, -0.15) is 0 Å². The van der Waals surface area contributed by atoms with Crippen LogP contribution in [-0.4, -0.2) is 27.7 Å². The van der Waals surface area contributed by atoms with Gasteiger partial charge in [-0.15, -0.1) is 0 Å². The number of carbonyl (C=O) groups excluding carboxylic acids is 2. The minimum absolute atomic E-state index is 0.00276. The van der Waals surface area contributed by atoms with Crippen molar-refractivity contribution in [3.05, 3.63) is 35.8 Å². The second kappa shape index (κ2) is 7.47. The fourth-order valence-electron chi connectivity index (χ4n) is 2.28. The molecule has 2 aromatic heterocycles. The van der Waals surface area contributed by atoms with E-state index in [1.54, 1.807) is 0 Å². The van der Waals surface area contributed by atoms with Crippen LogP contribution < -0.4 is 10.6 Å². The molecule has 0 fully saturated rings. The van der Waals surface area contributed by atoms with Crippen molar-refractivity contribution in [2.45, 2.75) is 47.1 Å². The largest absolute Gasteiger partial charge is 0.356 e. The summed E-state index contributed by atoms with van der Waals surface area (Å²) >= 11 is 0. The van der Waals surface area contributed by atoms with Gasteiger partial charge in [0.25, 0.3) is 0 Å². The van der Waals surface area contributed by atoms with Crippen molar-refractivity contribution >= 4 is 17.5 Å². The molecule has 0 aliphatic heterocycles. The van der Waals surface area contributed by atoms with Gasteiger partial charge in [0.2, 0.25) is 11.8 Å². The second-order valence-corrected chi connectivity index (χ2v) is 7.04. The molecular formula is C18H26N4O2. The van der Waals surface area contributed by atoms with Crippen molar-refractivity contribution in [2.24, 2.45) is 5.41 Å². The summed E-state index contributed by atoms with van der Waals surface area (Å²) in [7, 11) is 0. The van der Waals surface area contributed by atoms with E-state index >= 15 is 0 Å². The van der Waals surface area contributed by atoms with Crippen LogP contribution in [0.1, 0.15) is 44.9 Å². The molecule has 0 saturated carbocycles. The Morgan fingerprint density at radius 2 is 2.00 bits per heavy atom. The van der Waals surface area contributed by atoms with Crippen LogP contribution >= 0.6 is 0 Å². The molecule has 130 valence electrons. The lowest BCUT2D eigenvalue weighted by atomic mass is 9.96. The number of amides is 2. The Balaban J connectivity index is 1.73. The van der Waals surface area contributed by atoms with E-state index in [2.05, 4.69) is 15.6 Å². The van der Waals surface area contributed by atoms with Crippen LogP contribution in [-0.2, 0) is 16.1 Å². The molecule has 2 rings (SSSR count). The molecule has 0 radical (unpaired) electrons. The van der Waals surface area contributed by atoms with Crippen molar-refractivity contribution < 1.29 is 9.59 Å². The highest BCUT2D eigenvalue weighted by atomic mass is 16.2. The van der Waals surface area contributed by atoms with Crippen LogP contribution in [0.3, 0.4) is 0 Å². The first-order valence-corrected chi connectivity index (χ1v) is 8.25. The van der Waals surface area contributed by atoms with E-state index in [0.29, 0.717) is 25.9 Å². The number of imidazole rings is 1. The Hall–Kier alpha value is -2.37. The number of fused-ring (bicyclic) bond motifs is 1. The van der Waals surface area contributed by atoms with Gasteiger partial charge in [0.15, 0.2) is 0 Å². The number of pyridine rings is 1. The number of nitrogens with one attached hydrogen (secondary N) is 2. The third kappa shape index (κ3) is 4.81. The van der Waals surface area contributed by atoms with Crippen LogP contribution in [0.25, 0.3) is 5.65 Å². The normalized spacial score (nSPS) is 11.5. The van der Waals surface area contributed by atoms with Gasteiger partial charge in [-0.05, 0) is 25.0 Å². The maximum atomic E-state index is 11.9. The average molecular weight is 330 g/mol. The number of hydrogen-bond donors (Lipinski definition) is 2. The Morgan fingerprint density at radius 3 is 2.67 bits per heavy atom. The van der Waals surface area contributed by atoms with E-state index in [4.69, 9.17) is 0 Å². The summed E-state index contributed by atoms with van der Waals surface area (Å²) in [5, 5.41) is 5.71. The van der Waals surface area contributed by atoms with Crippen molar-refractivity contribution in [1.29, 1.82) is 0 Å². The van der Waals surface area contributed by atoms with E-state index in [1.807, 2.05) is 56.6 Å². The van der Waals surface area contributed by atoms with Crippen molar-refractivity contribution in [3.63, 3.8) is 0 Å². The molecule has 0 aliphatic rings. The van der Waals surface area contributed by atoms with Crippen LogP contribution in [0.15, 0.2) is 24.5 Å². The predicted octanol–water partition coefficient (Wildman–Crippen LogP) is 2.20. The Bertz CT molecular complexity index is 728. The zero-order valence-electron chi connectivity index (χ0n) is 14.8. The number of aryl methyl sites for hydroxylation is 1. The average Bonchev–Trinajstić information content (AvgIpc) is 2.93. The second-order valence-electron chi connectivity index (χ2n) is 7.04. The third-order valence-electron chi connectivity index (χ3n) is 3.74. The molecule has 0 saturated heterocycles. The van der Waals surface area contributed by atoms with Gasteiger partial charge >= 0.3 is 0 Å². The Kier molecular flexibility index (Phi) is 5.59. The summed E-state index contributed by atoms with van der Waals surface area (Å²) in [6.07, 6.45) is 4.87. The summed E-state index contributed by atoms with van der Waals surface area (Å²) in [5.74, 6) is -0.0308. The molecule has 6 nitrogen and oxygen atoms in total. The first-order valence-electron chi connectivity index (χ1n) is 8.25. The number of rotatable bonds is 6. The number of nitrogens with zero attached hydrogens (tertiary/aromatic N) is 2. The van der Waals surface area contributed by atoms with E-state index in [0.717, 1.165) is 16.9 Å². The smallest absolute Gasteiger partial charge is 0.225 e. The third-order valence-corrected chi connectivity index (χ3v) is 3.74. The van der Waals surface area contributed by atoms with Gasteiger partial charge in [-0.25, -0.2) is 4.98 Å². The fourth-order valence-corrected chi connectivity index (χ4v) is 2.28. The topological polar surface area (TPSA) is 75.5 Å². The molecule has 2 amide bonds. The summed E-state index contributed by atoms with van der Waals surface area (Å²) in [4.78, 5) is 28.1. The van der Waals surface area contributed by atoms with Crippen molar-refractivity contribution in [3.8, 4) is 0 Å². The molecular weight excluding hydrogens is 304 g/mol. The maximum Gasteiger partial charge on any atom is 0.225 e. The molecule has 0 atom stereocenters. The zero-order chi connectivity index (χ0) is 17.7. The molecule has 0 spiro atoms. The lowest BCUT2D eigenvalue weighted by Crippen LogP contribution is -2.35. The highest BCUT2D eigenvalue weighted by Crippen LogP contribution is 2.12. The molecule has 0 aliphatic carbocycles. The Morgan fingerprint density at radius 1 is 1.25 bits per heavy atom. The van der Waals surface area contributed by atoms with Crippen molar-refractivity contribution in [2.75, 3.05) is 6.54 Å². The van der Waals surface area contributed by atoms with Crippen LogP contribution in [0.4, 0.5) is 0 Å². The molecule has 0 unspecified atom stereocenters. The number of aromatic nitrogens is 2. The van der Waals surface area contributed by atoms with E-state index in [-0.39, 0.29) is 11.8 Å². The van der Waals surface area contributed by atoms with E-state index in [1.165, 1.54) is 0 Å². The van der Waals surface area contributed by atoms with Gasteiger partial charge < -0.3 is 15.0 Å². The predicted molar refractivity (Wildman–Crippen MR) is 93.5 cm³/mol. The summed E-state index contributed by atoms with van der Waals surface area (Å²) in [5.41, 5.74) is 2.44. The lowest BCUT2D eigenvalue weighted by molar-refractivity contribution is -0.128. The van der Waals surface area contributed by atoms with E-state index < -0.39 is 5.41 Å². The maximum absolute atomic E-state index is 11.9. The molecule has 0 bridgehead atoms. The standard InChI is InChI=1S/C18H26N4O2/c1-13-7-6-10-22-12-14(21-16(13)22)11-20-15(23)8-5-9-19-17(24)18(2,3)4/h6-7,10,12H,5,8-9,11H2,1-4H3,(H,19,24)(H,20,23). The molecule has 6 heteroatoms. The highest BCUT2D eigenvalue weighted by Gasteiger charge is 2.20. The first kappa shape index (κ1) is 18.0. The molecule has 2 heterocycles. The molecule has 24 heavy (non-hydrogen) atoms. The van der Waals surface area contributed by atoms with Gasteiger partial charge in [0, 0.05) is 30.8 Å². The minimum Gasteiger partial charge on any atom is -0.356 e. The molecule has 2 aromatic rings. The van der Waals surface area contributed by atoms with Gasteiger partial charge in [-0.3, -0.25) is 9.59 Å². The lowest BCUT2D eigenvalue weighted by Gasteiger charge is -2.17. The summed E-state index contributed by atoms with van der Waals surface area (Å²) in [6, 6.07) is 3.98. The van der Waals surface area contributed by atoms with Gasteiger partial charge in [0.05, 0.1) is 12.2 Å². The fraction of sp³-hybridized carbons (Fsp3) is 0.500. The summed E-state index contributed by atoms with van der Waals surface area (Å²) in [6.45, 7) is 8.53. The van der Waals surface area contributed by atoms with Crippen LogP contribution in [0.2, 0.25) is 0 Å². The number of carbonyl (C=O) groups is 2. The molecule has 0 aromatic carbocycles. The van der Waals surface area contributed by atoms with Crippen molar-refractivity contribution in [1.82, 2.24) is 20.0 Å². The minimum atomic E-state index is -0.399.